The maximum atomic E-state index is 12.6. The van der Waals surface area contributed by atoms with Crippen molar-refractivity contribution in [3.63, 3.8) is 0 Å². The lowest BCUT2D eigenvalue weighted by atomic mass is 10.0. The standard InChI is InChI=1S/C22H19ClN2O2/c23-18-13-7-8-14-19(18)24-21(26)15-20(16-9-3-1-4-10-16)25-22(27)17-11-5-2-6-12-17/h1-14,20H,15H2,(H,24,26)(H,25,27). The molecule has 136 valence electrons. The summed E-state index contributed by atoms with van der Waals surface area (Å²) in [6.07, 6.45) is 0.0911. The highest BCUT2D eigenvalue weighted by molar-refractivity contribution is 6.33. The Morgan fingerprint density at radius 2 is 1.41 bits per heavy atom. The fraction of sp³-hybridized carbons (Fsp3) is 0.0909. The van der Waals surface area contributed by atoms with Crippen molar-refractivity contribution in [3.05, 3.63) is 101 Å². The third-order valence-electron chi connectivity index (χ3n) is 4.08. The van der Waals surface area contributed by atoms with Crippen LogP contribution in [0.25, 0.3) is 0 Å². The van der Waals surface area contributed by atoms with Crippen molar-refractivity contribution in [1.82, 2.24) is 5.32 Å². The molecular weight excluding hydrogens is 360 g/mol. The molecule has 2 amide bonds. The van der Waals surface area contributed by atoms with Crippen molar-refractivity contribution in [2.24, 2.45) is 0 Å². The van der Waals surface area contributed by atoms with Crippen molar-refractivity contribution in [2.75, 3.05) is 5.32 Å². The van der Waals surface area contributed by atoms with Gasteiger partial charge in [-0.2, -0.15) is 0 Å². The van der Waals surface area contributed by atoms with E-state index in [0.717, 1.165) is 5.56 Å². The SMILES string of the molecule is O=C(CC(NC(=O)c1ccccc1)c1ccccc1)Nc1ccccc1Cl. The average Bonchev–Trinajstić information content (AvgIpc) is 2.70. The van der Waals surface area contributed by atoms with Crippen LogP contribution >= 0.6 is 11.6 Å². The van der Waals surface area contributed by atoms with Gasteiger partial charge in [-0.15, -0.1) is 0 Å². The van der Waals surface area contributed by atoms with Crippen LogP contribution in [0.2, 0.25) is 5.02 Å². The van der Waals surface area contributed by atoms with E-state index < -0.39 is 6.04 Å². The zero-order chi connectivity index (χ0) is 19.1. The molecule has 1 atom stereocenters. The Labute approximate surface area is 163 Å². The minimum atomic E-state index is -0.457. The molecule has 0 fully saturated rings. The first-order valence-electron chi connectivity index (χ1n) is 8.59. The maximum Gasteiger partial charge on any atom is 0.251 e. The van der Waals surface area contributed by atoms with Crippen LogP contribution in [-0.2, 0) is 4.79 Å². The first kappa shape index (κ1) is 18.7. The molecule has 4 nitrogen and oxygen atoms in total. The summed E-state index contributed by atoms with van der Waals surface area (Å²) in [6.45, 7) is 0. The van der Waals surface area contributed by atoms with Crippen LogP contribution in [0.5, 0.6) is 0 Å². The quantitative estimate of drug-likeness (QED) is 0.644. The van der Waals surface area contributed by atoms with Gasteiger partial charge in [0.2, 0.25) is 5.91 Å². The number of hydrogen-bond acceptors (Lipinski definition) is 2. The fourth-order valence-electron chi connectivity index (χ4n) is 2.72. The number of rotatable bonds is 6. The van der Waals surface area contributed by atoms with Gasteiger partial charge in [-0.25, -0.2) is 0 Å². The molecule has 0 radical (unpaired) electrons. The lowest BCUT2D eigenvalue weighted by molar-refractivity contribution is -0.116. The number of hydrogen-bond donors (Lipinski definition) is 2. The third-order valence-corrected chi connectivity index (χ3v) is 4.41. The van der Waals surface area contributed by atoms with Gasteiger partial charge in [0.05, 0.1) is 23.2 Å². The molecule has 0 saturated heterocycles. The van der Waals surface area contributed by atoms with Gasteiger partial charge in [-0.1, -0.05) is 72.3 Å². The predicted octanol–water partition coefficient (Wildman–Crippen LogP) is 4.84. The van der Waals surface area contributed by atoms with Crippen LogP contribution in [0, 0.1) is 0 Å². The molecule has 0 saturated carbocycles. The predicted molar refractivity (Wildman–Crippen MR) is 108 cm³/mol. The highest BCUT2D eigenvalue weighted by Gasteiger charge is 2.19. The van der Waals surface area contributed by atoms with Crippen LogP contribution in [0.3, 0.4) is 0 Å². The second-order valence-corrected chi connectivity index (χ2v) is 6.44. The number of para-hydroxylation sites is 1. The number of nitrogens with one attached hydrogen (secondary N) is 2. The van der Waals surface area contributed by atoms with Crippen molar-refractivity contribution in [3.8, 4) is 0 Å². The first-order valence-corrected chi connectivity index (χ1v) is 8.96. The van der Waals surface area contributed by atoms with Crippen LogP contribution in [0.15, 0.2) is 84.9 Å². The molecule has 0 aliphatic carbocycles. The summed E-state index contributed by atoms with van der Waals surface area (Å²) in [5.41, 5.74) is 1.95. The number of halogens is 1. The molecule has 1 unspecified atom stereocenters. The van der Waals surface area contributed by atoms with Crippen LogP contribution in [-0.4, -0.2) is 11.8 Å². The molecule has 3 aromatic rings. The molecule has 5 heteroatoms. The van der Waals surface area contributed by atoms with Crippen LogP contribution in [0.4, 0.5) is 5.69 Å². The van der Waals surface area contributed by atoms with Gasteiger partial charge in [0.1, 0.15) is 0 Å². The summed E-state index contributed by atoms with van der Waals surface area (Å²) < 4.78 is 0. The minimum absolute atomic E-state index is 0.0911. The smallest absolute Gasteiger partial charge is 0.251 e. The van der Waals surface area contributed by atoms with Crippen molar-refractivity contribution in [2.45, 2.75) is 12.5 Å². The molecule has 0 aromatic heterocycles. The monoisotopic (exact) mass is 378 g/mol. The van der Waals surface area contributed by atoms with E-state index in [4.69, 9.17) is 11.6 Å². The highest BCUT2D eigenvalue weighted by Crippen LogP contribution is 2.23. The van der Waals surface area contributed by atoms with Gasteiger partial charge in [0.15, 0.2) is 0 Å². The number of benzene rings is 3. The normalized spacial score (nSPS) is 11.4. The summed E-state index contributed by atoms with van der Waals surface area (Å²) in [5, 5.41) is 6.22. The summed E-state index contributed by atoms with van der Waals surface area (Å²) in [7, 11) is 0. The van der Waals surface area contributed by atoms with E-state index in [1.54, 1.807) is 48.5 Å². The van der Waals surface area contributed by atoms with Crippen LogP contribution < -0.4 is 10.6 Å². The summed E-state index contributed by atoms with van der Waals surface area (Å²) >= 11 is 6.10. The molecule has 0 heterocycles. The third kappa shape index (κ3) is 5.19. The van der Waals surface area contributed by atoms with Crippen molar-refractivity contribution in [1.29, 1.82) is 0 Å². The number of carbonyl (C=O) groups excluding carboxylic acids is 2. The van der Waals surface area contributed by atoms with Crippen LogP contribution in [0.1, 0.15) is 28.4 Å². The van der Waals surface area contributed by atoms with E-state index in [1.165, 1.54) is 0 Å². The van der Waals surface area contributed by atoms with E-state index in [9.17, 15) is 9.59 Å². The number of carbonyl (C=O) groups is 2. The second kappa shape index (κ2) is 9.01. The zero-order valence-electron chi connectivity index (χ0n) is 14.6. The van der Waals surface area contributed by atoms with Gasteiger partial charge in [-0.05, 0) is 29.8 Å². The zero-order valence-corrected chi connectivity index (χ0v) is 15.3. The summed E-state index contributed by atoms with van der Waals surface area (Å²) in [5.74, 6) is -0.458. The molecule has 0 aliphatic heterocycles. The second-order valence-electron chi connectivity index (χ2n) is 6.03. The van der Waals surface area contributed by atoms with E-state index in [-0.39, 0.29) is 18.2 Å². The summed E-state index contributed by atoms with van der Waals surface area (Å²) in [4.78, 5) is 25.1. The van der Waals surface area contributed by atoms with E-state index >= 15 is 0 Å². The highest BCUT2D eigenvalue weighted by atomic mass is 35.5. The van der Waals surface area contributed by atoms with Crippen molar-refractivity contribution >= 4 is 29.1 Å². The Bertz CT molecular complexity index is 914. The van der Waals surface area contributed by atoms with Gasteiger partial charge < -0.3 is 10.6 Å². The van der Waals surface area contributed by atoms with E-state index in [0.29, 0.717) is 16.3 Å². The fourth-order valence-corrected chi connectivity index (χ4v) is 2.90. The van der Waals surface area contributed by atoms with Gasteiger partial charge >= 0.3 is 0 Å². The molecule has 3 rings (SSSR count). The molecule has 0 spiro atoms. The lowest BCUT2D eigenvalue weighted by Gasteiger charge is -2.19. The molecular formula is C22H19ClN2O2. The molecule has 2 N–H and O–H groups in total. The molecule has 3 aromatic carbocycles. The van der Waals surface area contributed by atoms with Gasteiger partial charge in [0, 0.05) is 5.56 Å². The Kier molecular flexibility index (Phi) is 6.23. The number of amides is 2. The van der Waals surface area contributed by atoms with E-state index in [1.807, 2.05) is 36.4 Å². The largest absolute Gasteiger partial charge is 0.345 e. The minimum Gasteiger partial charge on any atom is -0.345 e. The molecule has 0 aliphatic rings. The number of anilines is 1. The Morgan fingerprint density at radius 3 is 2.07 bits per heavy atom. The lowest BCUT2D eigenvalue weighted by Crippen LogP contribution is -2.31. The van der Waals surface area contributed by atoms with Crippen molar-refractivity contribution < 1.29 is 9.59 Å². The topological polar surface area (TPSA) is 58.2 Å². The Balaban J connectivity index is 1.75. The summed E-state index contributed by atoms with van der Waals surface area (Å²) in [6, 6.07) is 24.9. The Hall–Kier alpha value is -3.11. The van der Waals surface area contributed by atoms with Gasteiger partial charge in [-0.3, -0.25) is 9.59 Å². The maximum absolute atomic E-state index is 12.6. The molecule has 0 bridgehead atoms. The first-order chi connectivity index (χ1) is 13.1. The van der Waals surface area contributed by atoms with E-state index in [2.05, 4.69) is 10.6 Å². The average molecular weight is 379 g/mol. The molecule has 27 heavy (non-hydrogen) atoms. The van der Waals surface area contributed by atoms with Gasteiger partial charge in [0.25, 0.3) is 5.91 Å². The Morgan fingerprint density at radius 1 is 0.815 bits per heavy atom.